The van der Waals surface area contributed by atoms with Crippen molar-refractivity contribution < 1.29 is 4.79 Å². The smallest absolute Gasteiger partial charge is 0.178 e. The Morgan fingerprint density at radius 2 is 2.00 bits per heavy atom. The largest absolute Gasteiger partial charge is 0.293 e. The Bertz CT molecular complexity index is 296. The molecule has 0 bridgehead atoms. The fraction of sp³-hybridized carbons (Fsp3) is 0.444. The van der Waals surface area contributed by atoms with Crippen LogP contribution in [0.25, 0.3) is 0 Å². The molecule has 0 unspecified atom stereocenters. The van der Waals surface area contributed by atoms with Crippen LogP contribution in [-0.2, 0) is 0 Å². The molecule has 1 heterocycles. The number of Topliss-reactive ketones (excluding diaryl/α,β-unsaturated/α-hetero) is 1. The van der Waals surface area contributed by atoms with Gasteiger partial charge in [0.05, 0.1) is 8.66 Å². The van der Waals surface area contributed by atoms with E-state index in [9.17, 15) is 4.79 Å². The maximum atomic E-state index is 11.7. The van der Waals surface area contributed by atoms with E-state index in [4.69, 9.17) is 0 Å². The van der Waals surface area contributed by atoms with Crippen molar-refractivity contribution in [3.8, 4) is 0 Å². The zero-order valence-electron chi connectivity index (χ0n) is 7.35. The minimum absolute atomic E-state index is 0.207. The maximum Gasteiger partial charge on any atom is 0.178 e. The quantitative estimate of drug-likeness (QED) is 0.691. The monoisotopic (exact) mass is 246 g/mol. The van der Waals surface area contributed by atoms with Crippen molar-refractivity contribution in [1.29, 1.82) is 0 Å². The molecule has 0 atom stereocenters. The Labute approximate surface area is 84.9 Å². The van der Waals surface area contributed by atoms with Crippen LogP contribution in [-0.4, -0.2) is 5.78 Å². The standard InChI is InChI=1S/C9H11BrOS/c1-9(2,3)8(11)6-4-5-7(10)12-6/h4-5H,1-3H3. The second-order valence-electron chi connectivity index (χ2n) is 3.68. The third kappa shape index (κ3) is 2.17. The lowest BCUT2D eigenvalue weighted by Gasteiger charge is -2.14. The highest BCUT2D eigenvalue weighted by molar-refractivity contribution is 9.11. The summed E-state index contributed by atoms with van der Waals surface area (Å²) < 4.78 is 1.01. The molecule has 1 aromatic heterocycles. The van der Waals surface area contributed by atoms with Crippen LogP contribution < -0.4 is 0 Å². The maximum absolute atomic E-state index is 11.7. The highest BCUT2D eigenvalue weighted by Gasteiger charge is 2.23. The number of ketones is 1. The molecule has 0 aliphatic carbocycles. The van der Waals surface area contributed by atoms with Gasteiger partial charge in [-0.05, 0) is 28.1 Å². The van der Waals surface area contributed by atoms with Gasteiger partial charge in [-0.3, -0.25) is 4.79 Å². The van der Waals surface area contributed by atoms with E-state index in [0.29, 0.717) is 0 Å². The zero-order valence-corrected chi connectivity index (χ0v) is 9.75. The Hall–Kier alpha value is -0.150. The summed E-state index contributed by atoms with van der Waals surface area (Å²) >= 11 is 4.82. The number of hydrogen-bond acceptors (Lipinski definition) is 2. The first kappa shape index (κ1) is 9.93. The minimum atomic E-state index is -0.274. The number of carbonyl (C=O) groups is 1. The molecule has 0 saturated carbocycles. The van der Waals surface area contributed by atoms with Gasteiger partial charge in [-0.15, -0.1) is 11.3 Å². The lowest BCUT2D eigenvalue weighted by Crippen LogP contribution is -2.18. The van der Waals surface area contributed by atoms with Gasteiger partial charge in [0.15, 0.2) is 5.78 Å². The normalized spacial score (nSPS) is 11.7. The summed E-state index contributed by atoms with van der Waals surface area (Å²) in [6.07, 6.45) is 0. The summed E-state index contributed by atoms with van der Waals surface area (Å²) in [5, 5.41) is 0. The van der Waals surface area contributed by atoms with Gasteiger partial charge < -0.3 is 0 Å². The molecular weight excluding hydrogens is 236 g/mol. The number of thiophene rings is 1. The van der Waals surface area contributed by atoms with Gasteiger partial charge in [0, 0.05) is 5.41 Å². The lowest BCUT2D eigenvalue weighted by atomic mass is 9.90. The predicted octanol–water partition coefficient (Wildman–Crippen LogP) is 3.74. The molecule has 0 amide bonds. The van der Waals surface area contributed by atoms with E-state index in [1.54, 1.807) is 0 Å². The molecule has 0 aliphatic rings. The van der Waals surface area contributed by atoms with Crippen LogP contribution >= 0.6 is 27.3 Å². The molecule has 1 nitrogen and oxygen atoms in total. The van der Waals surface area contributed by atoms with E-state index in [1.165, 1.54) is 11.3 Å². The van der Waals surface area contributed by atoms with E-state index in [1.807, 2.05) is 32.9 Å². The highest BCUT2D eigenvalue weighted by atomic mass is 79.9. The van der Waals surface area contributed by atoms with E-state index in [2.05, 4.69) is 15.9 Å². The summed E-state index contributed by atoms with van der Waals surface area (Å²) in [5.74, 6) is 0.207. The fourth-order valence-electron chi connectivity index (χ4n) is 0.806. The van der Waals surface area contributed by atoms with Crippen molar-refractivity contribution in [1.82, 2.24) is 0 Å². The molecule has 3 heteroatoms. The molecule has 1 rings (SSSR count). The van der Waals surface area contributed by atoms with Crippen LogP contribution in [0.3, 0.4) is 0 Å². The molecule has 12 heavy (non-hydrogen) atoms. The average molecular weight is 247 g/mol. The molecule has 0 saturated heterocycles. The van der Waals surface area contributed by atoms with Crippen molar-refractivity contribution in [2.75, 3.05) is 0 Å². The first-order valence-corrected chi connectivity index (χ1v) is 5.32. The van der Waals surface area contributed by atoms with Gasteiger partial charge in [-0.25, -0.2) is 0 Å². The first-order valence-electron chi connectivity index (χ1n) is 3.71. The fourth-order valence-corrected chi connectivity index (χ4v) is 2.34. The number of carbonyl (C=O) groups excluding carboxylic acids is 1. The van der Waals surface area contributed by atoms with Crippen molar-refractivity contribution in [3.63, 3.8) is 0 Å². The molecule has 66 valence electrons. The molecular formula is C9H11BrOS. The summed E-state index contributed by atoms with van der Waals surface area (Å²) in [5.41, 5.74) is -0.274. The second kappa shape index (κ2) is 3.30. The predicted molar refractivity (Wildman–Crippen MR) is 55.8 cm³/mol. The Morgan fingerprint density at radius 1 is 1.42 bits per heavy atom. The average Bonchev–Trinajstić information content (AvgIpc) is 2.32. The van der Waals surface area contributed by atoms with Crippen LogP contribution in [0.4, 0.5) is 0 Å². The van der Waals surface area contributed by atoms with Gasteiger partial charge in [0.25, 0.3) is 0 Å². The molecule has 1 aromatic rings. The minimum Gasteiger partial charge on any atom is -0.293 e. The van der Waals surface area contributed by atoms with E-state index >= 15 is 0 Å². The van der Waals surface area contributed by atoms with Crippen LogP contribution in [0.2, 0.25) is 0 Å². The van der Waals surface area contributed by atoms with Crippen molar-refractivity contribution >= 4 is 33.0 Å². The van der Waals surface area contributed by atoms with Crippen molar-refractivity contribution in [2.45, 2.75) is 20.8 Å². The highest BCUT2D eigenvalue weighted by Crippen LogP contribution is 2.28. The molecule has 0 spiro atoms. The SMILES string of the molecule is CC(C)(C)C(=O)c1ccc(Br)s1. The summed E-state index contributed by atoms with van der Waals surface area (Å²) in [6, 6.07) is 3.77. The molecule has 0 N–H and O–H groups in total. The lowest BCUT2D eigenvalue weighted by molar-refractivity contribution is 0.0863. The second-order valence-corrected chi connectivity index (χ2v) is 6.15. The van der Waals surface area contributed by atoms with Gasteiger partial charge in [0.1, 0.15) is 0 Å². The summed E-state index contributed by atoms with van der Waals surface area (Å²) in [7, 11) is 0. The third-order valence-electron chi connectivity index (χ3n) is 1.48. The Balaban J connectivity index is 2.93. The van der Waals surface area contributed by atoms with E-state index in [-0.39, 0.29) is 11.2 Å². The number of hydrogen-bond donors (Lipinski definition) is 0. The van der Waals surface area contributed by atoms with Crippen molar-refractivity contribution in [2.24, 2.45) is 5.41 Å². The third-order valence-corrected chi connectivity index (χ3v) is 3.10. The van der Waals surface area contributed by atoms with E-state index in [0.717, 1.165) is 8.66 Å². The van der Waals surface area contributed by atoms with Crippen LogP contribution in [0.15, 0.2) is 15.9 Å². The molecule has 0 fully saturated rings. The van der Waals surface area contributed by atoms with Crippen LogP contribution in [0, 0.1) is 5.41 Å². The zero-order chi connectivity index (χ0) is 9.35. The Kier molecular flexibility index (Phi) is 2.74. The number of rotatable bonds is 1. The summed E-state index contributed by atoms with van der Waals surface area (Å²) in [4.78, 5) is 12.5. The summed E-state index contributed by atoms with van der Waals surface area (Å²) in [6.45, 7) is 5.80. The van der Waals surface area contributed by atoms with Crippen LogP contribution in [0.5, 0.6) is 0 Å². The van der Waals surface area contributed by atoms with Gasteiger partial charge in [0.2, 0.25) is 0 Å². The van der Waals surface area contributed by atoms with Crippen molar-refractivity contribution in [3.05, 3.63) is 20.8 Å². The first-order chi connectivity index (χ1) is 5.41. The van der Waals surface area contributed by atoms with Gasteiger partial charge >= 0.3 is 0 Å². The topological polar surface area (TPSA) is 17.1 Å². The molecule has 0 radical (unpaired) electrons. The number of halogens is 1. The van der Waals surface area contributed by atoms with Gasteiger partial charge in [-0.2, -0.15) is 0 Å². The Morgan fingerprint density at radius 3 is 2.33 bits per heavy atom. The van der Waals surface area contributed by atoms with E-state index < -0.39 is 0 Å². The van der Waals surface area contributed by atoms with Crippen LogP contribution in [0.1, 0.15) is 30.4 Å². The van der Waals surface area contributed by atoms with Gasteiger partial charge in [-0.1, -0.05) is 20.8 Å². The molecule has 0 aliphatic heterocycles. The molecule has 0 aromatic carbocycles.